The number of hydrogen-bond acceptors (Lipinski definition) is 10. The Bertz CT molecular complexity index is 9160. The summed E-state index contributed by atoms with van der Waals surface area (Å²) in [5, 5.41) is 8.76. The average molecular weight is 1770 g/mol. The largest absolute Gasteiger partial charge is 0.437 e. The van der Waals surface area contributed by atoms with Crippen LogP contribution in [0.2, 0.25) is 0 Å². The summed E-state index contributed by atoms with van der Waals surface area (Å²) < 4.78 is 145. The molecular weight excluding hydrogens is 1650 g/mol. The summed E-state index contributed by atoms with van der Waals surface area (Å²) >= 11 is 0. The quantitative estimate of drug-likeness (QED) is 0.128. The Morgan fingerprint density at radius 3 is 1.13 bits per heavy atom. The second-order valence-corrected chi connectivity index (χ2v) is 34.9. The molecule has 1 atom stereocenters. The average Bonchev–Trinajstić information content (AvgIpc) is 1.59. The van der Waals surface area contributed by atoms with Gasteiger partial charge in [-0.05, 0) is 246 Å². The van der Waals surface area contributed by atoms with E-state index in [9.17, 15) is 0 Å². The molecule has 23 aromatic rings. The van der Waals surface area contributed by atoms with E-state index in [0.29, 0.717) is 89.2 Å². The highest BCUT2D eigenvalue weighted by Gasteiger charge is 2.30. The van der Waals surface area contributed by atoms with Gasteiger partial charge in [-0.2, -0.15) is 0 Å². The van der Waals surface area contributed by atoms with Gasteiger partial charge in [0.05, 0.1) is 27.8 Å². The van der Waals surface area contributed by atoms with Crippen molar-refractivity contribution in [3.63, 3.8) is 0 Å². The van der Waals surface area contributed by atoms with Crippen LogP contribution in [0.1, 0.15) is 116 Å². The maximum absolute atomic E-state index is 8.51. The third-order valence-electron chi connectivity index (χ3n) is 25.5. The van der Waals surface area contributed by atoms with Gasteiger partial charge in [0.1, 0.15) is 35.2 Å². The number of hydrogen-bond donors (Lipinski definition) is 0. The fraction of sp³-hybridized carbons (Fsp3) is 0.176. The lowest BCUT2D eigenvalue weighted by atomic mass is 9.95. The highest BCUT2D eigenvalue weighted by atomic mass is 16.4. The van der Waals surface area contributed by atoms with Gasteiger partial charge in [0.25, 0.3) is 0 Å². The van der Waals surface area contributed by atoms with E-state index < -0.39 is 33.3 Å². The number of rotatable bonds is 9. The van der Waals surface area contributed by atoms with Crippen LogP contribution < -0.4 is 22.8 Å². The predicted octanol–water partition coefficient (Wildman–Crippen LogP) is 27.5. The highest BCUT2D eigenvalue weighted by molar-refractivity contribution is 6.14. The number of aryl methyl sites for hydroxylation is 18. The van der Waals surface area contributed by atoms with Crippen molar-refractivity contribution in [2.75, 3.05) is 0 Å². The summed E-state index contributed by atoms with van der Waals surface area (Å²) in [6, 6.07) is 80.9. The molecule has 15 aromatic heterocycles. The van der Waals surface area contributed by atoms with E-state index in [1.54, 1.807) is 80.7 Å². The van der Waals surface area contributed by atoms with Gasteiger partial charge in [-0.1, -0.05) is 147 Å². The van der Waals surface area contributed by atoms with E-state index in [4.69, 9.17) is 39.9 Å². The molecule has 0 aliphatic carbocycles. The summed E-state index contributed by atoms with van der Waals surface area (Å²) in [6.45, 7) is 11.7. The molecule has 0 aliphatic heterocycles. The van der Waals surface area contributed by atoms with Gasteiger partial charge in [-0.3, -0.25) is 0 Å². The van der Waals surface area contributed by atoms with Crippen LogP contribution >= 0.6 is 0 Å². The molecule has 0 radical (unpaired) electrons. The first-order chi connectivity index (χ1) is 69.9. The number of benzene rings is 8. The minimum atomic E-state index is -2.53. The van der Waals surface area contributed by atoms with Crippen LogP contribution in [0.25, 0.3) is 200 Å². The topological polar surface area (TPSA) is 150 Å². The second-order valence-electron chi connectivity index (χ2n) is 34.9. The fourth-order valence-electron chi connectivity index (χ4n) is 18.7. The lowest BCUT2D eigenvalue weighted by molar-refractivity contribution is -0.660. The first-order valence-electron chi connectivity index (χ1n) is 51.1. The Balaban J connectivity index is 0.000000116. The maximum atomic E-state index is 8.51. The Kier molecular flexibility index (Phi) is 19.5. The lowest BCUT2D eigenvalue weighted by Gasteiger charge is -2.10. The van der Waals surface area contributed by atoms with Crippen LogP contribution in [0.3, 0.4) is 0 Å². The van der Waals surface area contributed by atoms with Gasteiger partial charge < -0.3 is 22.1 Å². The third-order valence-corrected chi connectivity index (χ3v) is 25.5. The number of fused-ring (bicyclic) bond motifs is 15. The minimum absolute atomic E-state index is 0.176. The molecule has 0 N–H and O–H groups in total. The molecule has 0 bridgehead atoms. The smallest absolute Gasteiger partial charge is 0.227 e. The van der Waals surface area contributed by atoms with E-state index in [1.807, 2.05) is 99.1 Å². The summed E-state index contributed by atoms with van der Waals surface area (Å²) in [5.74, 6) is -1.83. The molecule has 1 unspecified atom stereocenters. The van der Waals surface area contributed by atoms with Gasteiger partial charge in [0.2, 0.25) is 57.0 Å². The zero-order valence-electron chi connectivity index (χ0n) is 90.7. The van der Waals surface area contributed by atoms with Gasteiger partial charge in [0.15, 0.2) is 58.9 Å². The first-order valence-corrected chi connectivity index (χ1v) is 44.6. The van der Waals surface area contributed by atoms with Crippen LogP contribution in [0, 0.1) is 89.8 Å². The SMILES string of the molecule is Cc1cc(-c2c(C)ccc3c2oc2ncccc23)[n+](C)cc1-c1ccccc1.Cc1cc(C)c2c(oc3ncccc32)c1-c1ccc(-c2ccccc2)c[n+]1C.Cc1ccc2c(oc3ncccc32)c1-c1ccc(-c2ccccc2)c[n+]1C.[2H]C([2H])([2H])c1c[n+](C)c(-c2c(C)cc(C([2H])([2H])[2H])c3c2oc2nc(C)ccc23)cc1C.[2H]C([2H])([2H])c1cc(C)c(-c2cc(C([2H])(C)C([2H])([2H])[2H])cc[n+]2C)c2oc3nc(C)ccc3c12. The Morgan fingerprint density at radius 2 is 0.657 bits per heavy atom. The normalized spacial score (nSPS) is 13.7. The van der Waals surface area contributed by atoms with Crippen LogP contribution in [-0.4, -0.2) is 24.9 Å². The van der Waals surface area contributed by atoms with Crippen molar-refractivity contribution in [1.29, 1.82) is 0 Å². The van der Waals surface area contributed by atoms with E-state index in [1.165, 1.54) is 68.1 Å². The maximum Gasteiger partial charge on any atom is 0.227 e. The molecule has 23 rings (SSSR count). The molecule has 134 heavy (non-hydrogen) atoms. The highest BCUT2D eigenvalue weighted by Crippen LogP contribution is 2.45. The zero-order valence-corrected chi connectivity index (χ0v) is 77.7. The molecule has 15 heterocycles. The van der Waals surface area contributed by atoms with Gasteiger partial charge in [-0.25, -0.2) is 47.8 Å². The molecule has 0 amide bonds. The van der Waals surface area contributed by atoms with E-state index in [2.05, 4.69) is 265 Å². The molecule has 0 spiro atoms. The van der Waals surface area contributed by atoms with E-state index in [0.717, 1.165) is 111 Å². The summed E-state index contributed by atoms with van der Waals surface area (Å²) in [7, 11) is 9.86. The molecular formula is C119H109N10O5+5. The van der Waals surface area contributed by atoms with Crippen LogP contribution in [-0.2, 0) is 35.2 Å². The summed E-state index contributed by atoms with van der Waals surface area (Å²) in [5.41, 5.74) is 33.6. The van der Waals surface area contributed by atoms with Crippen molar-refractivity contribution in [3.8, 4) is 89.7 Å². The minimum Gasteiger partial charge on any atom is -0.437 e. The number of furan rings is 5. The van der Waals surface area contributed by atoms with Crippen LogP contribution in [0.15, 0.2) is 314 Å². The van der Waals surface area contributed by atoms with E-state index in [-0.39, 0.29) is 16.7 Å². The Morgan fingerprint density at radius 1 is 0.276 bits per heavy atom. The second kappa shape index (κ2) is 35.9. The molecule has 0 saturated carbocycles. The number of aromatic nitrogens is 10. The van der Waals surface area contributed by atoms with Crippen molar-refractivity contribution in [1.82, 2.24) is 24.9 Å². The monoisotopic (exact) mass is 1770 g/mol. The lowest BCUT2D eigenvalue weighted by Crippen LogP contribution is -2.31. The van der Waals surface area contributed by atoms with Crippen molar-refractivity contribution in [2.24, 2.45) is 35.2 Å². The van der Waals surface area contributed by atoms with E-state index >= 15 is 0 Å². The van der Waals surface area contributed by atoms with Crippen LogP contribution in [0.5, 0.6) is 0 Å². The standard InChI is InChI=1S/2C25H21N2O.C24H19N2O.C23H25N2O.C22H23N2O/c1-16-14-17(2)23(24-22(16)20-10-7-13-26-25(20)28-24)21-12-11-19(15-27(21)3)18-8-5-4-6-9-18;1-16-11-12-19-20-10-7-13-26-25(20)28-24(19)23(16)22-14-17(2)21(15-27(22)3)18-8-5-4-6-9-18;1-16-10-12-19-20-9-6-14-25-24(20)27-23(19)22(16)21-13-11-18(15-26(21)2)17-7-4-3-5-8-17;1-13(2)17-9-10-25(6)19(12-17)21-15(4)11-14(3)20-18-8-7-16(5)24-23(18)26-22(20)21;1-12-10-18(24(6)11-15(12)4)20-14(3)9-13(2)19-17-8-7-16(5)23-22(17)25-21(19)20/h2*4-15H,1-3H3;3-15H,1-2H3;7-13H,1-6H3;7-11H,1-6H3/q5*+1/i;;;1D3,3D3,13D;2D3,4D3. The van der Waals surface area contributed by atoms with Crippen molar-refractivity contribution in [3.05, 3.63) is 370 Å². The number of pyridine rings is 10. The summed E-state index contributed by atoms with van der Waals surface area (Å²) in [4.78, 5) is 22.1. The molecule has 0 saturated heterocycles. The molecule has 15 nitrogen and oxygen atoms in total. The van der Waals surface area contributed by atoms with Gasteiger partial charge >= 0.3 is 0 Å². The molecule has 0 fully saturated rings. The Hall–Kier alpha value is -15.7. The molecule has 660 valence electrons. The Labute approximate surface area is 798 Å². The fourth-order valence-corrected chi connectivity index (χ4v) is 18.7. The van der Waals surface area contributed by atoms with Crippen molar-refractivity contribution >= 4 is 110 Å². The molecule has 0 aliphatic rings. The predicted molar refractivity (Wildman–Crippen MR) is 543 cm³/mol. The number of nitrogens with zero attached hydrogens (tertiary/aromatic N) is 10. The van der Waals surface area contributed by atoms with Crippen molar-refractivity contribution < 1.29 is 62.7 Å². The van der Waals surface area contributed by atoms with Gasteiger partial charge in [-0.15, -0.1) is 0 Å². The molecule has 8 aromatic carbocycles. The van der Waals surface area contributed by atoms with Crippen LogP contribution in [0.4, 0.5) is 0 Å². The van der Waals surface area contributed by atoms with Crippen molar-refractivity contribution in [2.45, 2.75) is 109 Å². The zero-order chi connectivity index (χ0) is 104. The third kappa shape index (κ3) is 16.3. The summed E-state index contributed by atoms with van der Waals surface area (Å²) in [6.07, 6.45) is 15.2. The molecule has 15 heteroatoms. The van der Waals surface area contributed by atoms with Gasteiger partial charge in [0, 0.05) is 160 Å². The first kappa shape index (κ1) is 73.0.